The van der Waals surface area contributed by atoms with Crippen molar-refractivity contribution in [2.75, 3.05) is 7.11 Å². The van der Waals surface area contributed by atoms with Gasteiger partial charge in [-0.2, -0.15) is 0 Å². The second-order valence-corrected chi connectivity index (χ2v) is 4.68. The van der Waals surface area contributed by atoms with Crippen LogP contribution in [0.3, 0.4) is 0 Å². The molecule has 1 heterocycles. The van der Waals surface area contributed by atoms with Gasteiger partial charge in [-0.25, -0.2) is 9.97 Å². The molecule has 2 aromatic rings. The first-order valence-electron chi connectivity index (χ1n) is 5.55. The summed E-state index contributed by atoms with van der Waals surface area (Å²) in [6.07, 6.45) is 3.35. The molecule has 0 aliphatic heterocycles. The van der Waals surface area contributed by atoms with Gasteiger partial charge in [-0.15, -0.1) is 0 Å². The number of benzene rings is 1. The molecule has 0 aliphatic rings. The van der Waals surface area contributed by atoms with Crippen molar-refractivity contribution in [2.45, 2.75) is 11.9 Å². The van der Waals surface area contributed by atoms with E-state index < -0.39 is 0 Å². The number of nitrogens with zero attached hydrogens (tertiary/aromatic N) is 2. The number of hydrogen-bond donors (Lipinski definition) is 0. The van der Waals surface area contributed by atoms with E-state index in [4.69, 9.17) is 21.1 Å². The van der Waals surface area contributed by atoms with E-state index in [1.54, 1.807) is 31.6 Å². The molecule has 0 N–H and O–H groups in total. The molecule has 0 unspecified atom stereocenters. The Kier molecular flexibility index (Phi) is 4.99. The van der Waals surface area contributed by atoms with Gasteiger partial charge in [0.15, 0.2) is 17.3 Å². The lowest BCUT2D eigenvalue weighted by Gasteiger charge is -2.14. The van der Waals surface area contributed by atoms with Gasteiger partial charge in [-0.05, 0) is 12.1 Å². The van der Waals surface area contributed by atoms with Gasteiger partial charge in [0.05, 0.1) is 7.11 Å². The lowest BCUT2D eigenvalue weighted by Crippen LogP contribution is -2.03. The molecule has 0 saturated carbocycles. The van der Waals surface area contributed by atoms with Crippen LogP contribution >= 0.6 is 27.5 Å². The zero-order chi connectivity index (χ0) is 13.7. The standard InChI is InChI=1S/C13H12BrClN2O2/c1-18-11-6-10(15)5-9(7-14)13(11)19-8-12-16-3-2-4-17-12/h2-6H,7-8H2,1H3. The molecule has 1 aromatic carbocycles. The van der Waals surface area contributed by atoms with Gasteiger partial charge >= 0.3 is 0 Å². The molecule has 6 heteroatoms. The number of methoxy groups -OCH3 is 1. The van der Waals surface area contributed by atoms with Crippen molar-refractivity contribution < 1.29 is 9.47 Å². The fourth-order valence-electron chi connectivity index (χ4n) is 1.58. The van der Waals surface area contributed by atoms with E-state index >= 15 is 0 Å². The van der Waals surface area contributed by atoms with Crippen LogP contribution in [0.4, 0.5) is 0 Å². The molecule has 0 amide bonds. The van der Waals surface area contributed by atoms with Crippen molar-refractivity contribution in [2.24, 2.45) is 0 Å². The smallest absolute Gasteiger partial charge is 0.166 e. The second-order valence-electron chi connectivity index (χ2n) is 3.68. The van der Waals surface area contributed by atoms with Gasteiger partial charge in [0.1, 0.15) is 6.61 Å². The SMILES string of the molecule is COc1cc(Cl)cc(CBr)c1OCc1ncccn1. The van der Waals surface area contributed by atoms with Crippen LogP contribution in [0.15, 0.2) is 30.6 Å². The van der Waals surface area contributed by atoms with Crippen molar-refractivity contribution in [3.8, 4) is 11.5 Å². The molecular weight excluding hydrogens is 332 g/mol. The molecule has 0 aliphatic carbocycles. The molecule has 2 rings (SSSR count). The van der Waals surface area contributed by atoms with Crippen LogP contribution in [0.25, 0.3) is 0 Å². The highest BCUT2D eigenvalue weighted by Crippen LogP contribution is 2.36. The minimum atomic E-state index is 0.277. The highest BCUT2D eigenvalue weighted by molar-refractivity contribution is 9.08. The molecule has 19 heavy (non-hydrogen) atoms. The Balaban J connectivity index is 2.23. The van der Waals surface area contributed by atoms with E-state index in [0.29, 0.717) is 27.7 Å². The number of hydrogen-bond acceptors (Lipinski definition) is 4. The molecule has 1 aromatic heterocycles. The topological polar surface area (TPSA) is 44.2 Å². The normalized spacial score (nSPS) is 10.3. The van der Waals surface area contributed by atoms with E-state index in [9.17, 15) is 0 Å². The predicted molar refractivity (Wildman–Crippen MR) is 77.0 cm³/mol. The Morgan fingerprint density at radius 1 is 1.26 bits per heavy atom. The monoisotopic (exact) mass is 342 g/mol. The van der Waals surface area contributed by atoms with Crippen molar-refractivity contribution >= 4 is 27.5 Å². The van der Waals surface area contributed by atoms with Crippen LogP contribution in [-0.2, 0) is 11.9 Å². The zero-order valence-corrected chi connectivity index (χ0v) is 12.6. The van der Waals surface area contributed by atoms with Crippen LogP contribution in [0.5, 0.6) is 11.5 Å². The third-order valence-corrected chi connectivity index (χ3v) is 3.25. The number of alkyl halides is 1. The van der Waals surface area contributed by atoms with E-state index in [2.05, 4.69) is 25.9 Å². The van der Waals surface area contributed by atoms with Crippen LogP contribution in [0, 0.1) is 0 Å². The summed E-state index contributed by atoms with van der Waals surface area (Å²) in [6, 6.07) is 5.31. The highest BCUT2D eigenvalue weighted by atomic mass is 79.9. The Labute approximate surface area is 124 Å². The Morgan fingerprint density at radius 2 is 2.00 bits per heavy atom. The quantitative estimate of drug-likeness (QED) is 0.778. The summed E-state index contributed by atoms with van der Waals surface area (Å²) in [4.78, 5) is 8.22. The molecule has 0 saturated heterocycles. The lowest BCUT2D eigenvalue weighted by atomic mass is 10.2. The van der Waals surface area contributed by atoms with E-state index in [1.807, 2.05) is 6.07 Å². The number of ether oxygens (including phenoxy) is 2. The maximum absolute atomic E-state index is 6.02. The third-order valence-electron chi connectivity index (χ3n) is 2.43. The summed E-state index contributed by atoms with van der Waals surface area (Å²) in [5, 5.41) is 1.23. The van der Waals surface area contributed by atoms with E-state index in [0.717, 1.165) is 5.56 Å². The largest absolute Gasteiger partial charge is 0.493 e. The number of rotatable bonds is 5. The predicted octanol–water partition coefficient (Wildman–Crippen LogP) is 3.61. The van der Waals surface area contributed by atoms with Crippen LogP contribution in [0.1, 0.15) is 11.4 Å². The summed E-state index contributed by atoms with van der Waals surface area (Å²) in [6.45, 7) is 0.277. The average Bonchev–Trinajstić information content (AvgIpc) is 2.46. The molecule has 0 atom stereocenters. The Bertz CT molecular complexity index is 527. The van der Waals surface area contributed by atoms with Crippen LogP contribution in [-0.4, -0.2) is 17.1 Å². The van der Waals surface area contributed by atoms with E-state index in [1.165, 1.54) is 0 Å². The van der Waals surface area contributed by atoms with Crippen LogP contribution < -0.4 is 9.47 Å². The molecule has 100 valence electrons. The Hall–Kier alpha value is -1.33. The number of halogens is 2. The average molecular weight is 344 g/mol. The minimum Gasteiger partial charge on any atom is -0.493 e. The lowest BCUT2D eigenvalue weighted by molar-refractivity contribution is 0.274. The third kappa shape index (κ3) is 3.58. The number of aromatic nitrogens is 2. The van der Waals surface area contributed by atoms with Gasteiger partial charge in [-0.3, -0.25) is 0 Å². The van der Waals surface area contributed by atoms with Crippen molar-refractivity contribution in [3.05, 3.63) is 47.0 Å². The molecule has 4 nitrogen and oxygen atoms in total. The highest BCUT2D eigenvalue weighted by Gasteiger charge is 2.12. The van der Waals surface area contributed by atoms with Gasteiger partial charge in [0.25, 0.3) is 0 Å². The minimum absolute atomic E-state index is 0.277. The van der Waals surface area contributed by atoms with Gasteiger partial charge < -0.3 is 9.47 Å². The summed E-state index contributed by atoms with van der Waals surface area (Å²) >= 11 is 9.42. The van der Waals surface area contributed by atoms with Crippen LogP contribution in [0.2, 0.25) is 5.02 Å². The van der Waals surface area contributed by atoms with Crippen molar-refractivity contribution in [3.63, 3.8) is 0 Å². The Morgan fingerprint density at radius 3 is 2.63 bits per heavy atom. The van der Waals surface area contributed by atoms with Gasteiger partial charge in [0, 0.05) is 34.4 Å². The zero-order valence-electron chi connectivity index (χ0n) is 10.3. The van der Waals surface area contributed by atoms with Gasteiger partial charge in [0.2, 0.25) is 0 Å². The second kappa shape index (κ2) is 6.73. The fourth-order valence-corrected chi connectivity index (χ4v) is 2.23. The molecule has 0 fully saturated rings. The summed E-state index contributed by atoms with van der Waals surface area (Å²) < 4.78 is 11.0. The fraction of sp³-hybridized carbons (Fsp3) is 0.231. The molecular formula is C13H12BrClN2O2. The maximum atomic E-state index is 6.02. The van der Waals surface area contributed by atoms with Crippen molar-refractivity contribution in [1.82, 2.24) is 9.97 Å². The molecule has 0 bridgehead atoms. The summed E-state index contributed by atoms with van der Waals surface area (Å²) in [5.41, 5.74) is 0.917. The van der Waals surface area contributed by atoms with E-state index in [-0.39, 0.29) is 6.61 Å². The maximum Gasteiger partial charge on any atom is 0.166 e. The first kappa shape index (κ1) is 14.1. The van der Waals surface area contributed by atoms with Gasteiger partial charge in [-0.1, -0.05) is 27.5 Å². The molecule has 0 spiro atoms. The first-order valence-corrected chi connectivity index (χ1v) is 7.05. The summed E-state index contributed by atoms with van der Waals surface area (Å²) in [5.74, 6) is 1.86. The van der Waals surface area contributed by atoms with Crippen molar-refractivity contribution in [1.29, 1.82) is 0 Å². The summed E-state index contributed by atoms with van der Waals surface area (Å²) in [7, 11) is 1.58. The first-order chi connectivity index (χ1) is 9.24. The molecule has 0 radical (unpaired) electrons.